The number of benzene rings is 1. The molecule has 3 rings (SSSR count). The van der Waals surface area contributed by atoms with Crippen molar-refractivity contribution in [2.45, 2.75) is 20.8 Å². The number of hydrogen-bond acceptors (Lipinski definition) is 6. The molecule has 30 heavy (non-hydrogen) atoms. The maximum atomic E-state index is 12.5. The molecule has 0 aliphatic carbocycles. The van der Waals surface area contributed by atoms with E-state index in [1.807, 2.05) is 31.2 Å². The number of methoxy groups -OCH3 is 1. The molecule has 7 nitrogen and oxygen atoms in total. The largest absolute Gasteiger partial charge is 0.493 e. The second-order valence-corrected chi connectivity index (χ2v) is 6.67. The third kappa shape index (κ3) is 5.05. The number of aryl methyl sites for hydroxylation is 1. The van der Waals surface area contributed by atoms with Gasteiger partial charge in [0.2, 0.25) is 5.88 Å². The molecular weight excluding hydrogens is 380 g/mol. The van der Waals surface area contributed by atoms with E-state index in [9.17, 15) is 4.79 Å². The van der Waals surface area contributed by atoms with Crippen molar-refractivity contribution >= 4 is 17.4 Å². The molecule has 1 N–H and O–H groups in total. The van der Waals surface area contributed by atoms with Crippen LogP contribution >= 0.6 is 0 Å². The number of rotatable bonds is 8. The first-order valence-corrected chi connectivity index (χ1v) is 9.85. The average Bonchev–Trinajstić information content (AvgIpc) is 2.77. The van der Waals surface area contributed by atoms with E-state index in [1.165, 1.54) is 0 Å². The quantitative estimate of drug-likeness (QED) is 0.585. The summed E-state index contributed by atoms with van der Waals surface area (Å²) in [6.07, 6.45) is 3.13. The molecular formula is C23H26N4O3. The van der Waals surface area contributed by atoms with E-state index < -0.39 is 0 Å². The summed E-state index contributed by atoms with van der Waals surface area (Å²) in [4.78, 5) is 23.3. The first-order valence-electron chi connectivity index (χ1n) is 9.85. The van der Waals surface area contributed by atoms with Crippen LogP contribution in [-0.2, 0) is 0 Å². The molecule has 156 valence electrons. The minimum absolute atomic E-state index is 0.246. The molecule has 0 aliphatic heterocycles. The zero-order chi connectivity index (χ0) is 21.5. The Kier molecular flexibility index (Phi) is 6.85. The number of hydrogen-bond donors (Lipinski definition) is 1. The molecule has 0 unspecified atom stereocenters. The SMILES string of the molecule is CCN(CC)c1ccc(C(=O)Nc2ccc(Oc3ccc(C)cc3OC)nc2)cn1. The number of amides is 1. The van der Waals surface area contributed by atoms with Crippen molar-refractivity contribution in [3.8, 4) is 17.4 Å². The Morgan fingerprint density at radius 2 is 1.80 bits per heavy atom. The molecule has 2 heterocycles. The van der Waals surface area contributed by atoms with E-state index in [2.05, 4.69) is 34.0 Å². The van der Waals surface area contributed by atoms with Crippen molar-refractivity contribution in [1.29, 1.82) is 0 Å². The van der Waals surface area contributed by atoms with Gasteiger partial charge >= 0.3 is 0 Å². The minimum Gasteiger partial charge on any atom is -0.493 e. The zero-order valence-corrected chi connectivity index (χ0v) is 17.7. The van der Waals surface area contributed by atoms with Crippen LogP contribution in [0.25, 0.3) is 0 Å². The highest BCUT2D eigenvalue weighted by Crippen LogP contribution is 2.31. The van der Waals surface area contributed by atoms with Crippen LogP contribution in [0, 0.1) is 6.92 Å². The van der Waals surface area contributed by atoms with Crippen molar-refractivity contribution in [1.82, 2.24) is 9.97 Å². The molecule has 0 saturated carbocycles. The van der Waals surface area contributed by atoms with Gasteiger partial charge in [-0.3, -0.25) is 4.79 Å². The van der Waals surface area contributed by atoms with Gasteiger partial charge in [-0.25, -0.2) is 9.97 Å². The number of carbonyl (C=O) groups excluding carboxylic acids is 1. The molecule has 0 spiro atoms. The van der Waals surface area contributed by atoms with Gasteiger partial charge in [-0.1, -0.05) is 6.07 Å². The molecule has 0 fully saturated rings. The van der Waals surface area contributed by atoms with Gasteiger partial charge in [0.05, 0.1) is 24.6 Å². The Labute approximate surface area is 176 Å². The van der Waals surface area contributed by atoms with E-state index >= 15 is 0 Å². The van der Waals surface area contributed by atoms with Crippen LogP contribution in [0.5, 0.6) is 17.4 Å². The van der Waals surface area contributed by atoms with Gasteiger partial charge in [0.25, 0.3) is 5.91 Å². The number of nitrogens with one attached hydrogen (secondary N) is 1. The number of pyridine rings is 2. The van der Waals surface area contributed by atoms with Crippen LogP contribution in [0.3, 0.4) is 0 Å². The van der Waals surface area contributed by atoms with E-state index in [4.69, 9.17) is 9.47 Å². The van der Waals surface area contributed by atoms with Crippen LogP contribution in [0.1, 0.15) is 29.8 Å². The molecule has 1 amide bonds. The molecule has 1 aromatic carbocycles. The zero-order valence-electron chi connectivity index (χ0n) is 17.7. The molecule has 3 aromatic rings. The summed E-state index contributed by atoms with van der Waals surface area (Å²) in [5.74, 6) is 2.22. The maximum Gasteiger partial charge on any atom is 0.257 e. The predicted octanol–water partition coefficient (Wildman–Crippen LogP) is 4.68. The fourth-order valence-electron chi connectivity index (χ4n) is 2.94. The Balaban J connectivity index is 1.65. The molecule has 0 atom stereocenters. The van der Waals surface area contributed by atoms with Crippen molar-refractivity contribution in [3.63, 3.8) is 0 Å². The number of anilines is 2. The Bertz CT molecular complexity index is 984. The summed E-state index contributed by atoms with van der Waals surface area (Å²) in [7, 11) is 1.59. The monoisotopic (exact) mass is 406 g/mol. The normalized spacial score (nSPS) is 10.4. The predicted molar refractivity (Wildman–Crippen MR) is 118 cm³/mol. The van der Waals surface area contributed by atoms with E-state index in [0.717, 1.165) is 24.5 Å². The lowest BCUT2D eigenvalue weighted by Crippen LogP contribution is -2.23. The molecule has 0 saturated heterocycles. The van der Waals surface area contributed by atoms with E-state index in [0.29, 0.717) is 28.6 Å². The Morgan fingerprint density at radius 1 is 1.00 bits per heavy atom. The Morgan fingerprint density at radius 3 is 2.40 bits per heavy atom. The summed E-state index contributed by atoms with van der Waals surface area (Å²) in [5.41, 5.74) is 2.12. The van der Waals surface area contributed by atoms with Crippen molar-refractivity contribution in [3.05, 3.63) is 66.0 Å². The van der Waals surface area contributed by atoms with Gasteiger partial charge in [-0.05, 0) is 56.7 Å². The summed E-state index contributed by atoms with van der Waals surface area (Å²) in [6, 6.07) is 12.7. The third-order valence-electron chi connectivity index (χ3n) is 4.63. The average molecular weight is 406 g/mol. The first-order chi connectivity index (χ1) is 14.5. The maximum absolute atomic E-state index is 12.5. The smallest absolute Gasteiger partial charge is 0.257 e. The fourth-order valence-corrected chi connectivity index (χ4v) is 2.94. The summed E-state index contributed by atoms with van der Waals surface area (Å²) in [6.45, 7) is 7.85. The Hall–Kier alpha value is -3.61. The minimum atomic E-state index is -0.246. The second kappa shape index (κ2) is 9.73. The van der Waals surface area contributed by atoms with Gasteiger partial charge < -0.3 is 19.7 Å². The number of aromatic nitrogens is 2. The first kappa shape index (κ1) is 21.1. The standard InChI is InChI=1S/C23H26N4O3/c1-5-27(6-2)21-11-8-17(14-24-21)23(28)26-18-9-12-22(25-15-18)30-19-10-7-16(3)13-20(19)29-4/h7-15H,5-6H2,1-4H3,(H,26,28). The highest BCUT2D eigenvalue weighted by atomic mass is 16.5. The van der Waals surface area contributed by atoms with Crippen LogP contribution in [-0.4, -0.2) is 36.1 Å². The van der Waals surface area contributed by atoms with E-state index in [1.54, 1.807) is 37.7 Å². The van der Waals surface area contributed by atoms with Gasteiger partial charge in [0, 0.05) is 25.4 Å². The van der Waals surface area contributed by atoms with Crippen LogP contribution in [0.2, 0.25) is 0 Å². The van der Waals surface area contributed by atoms with Crippen LogP contribution in [0.15, 0.2) is 54.9 Å². The molecule has 0 aliphatic rings. The summed E-state index contributed by atoms with van der Waals surface area (Å²) < 4.78 is 11.1. The molecule has 0 bridgehead atoms. The van der Waals surface area contributed by atoms with Crippen LogP contribution in [0.4, 0.5) is 11.5 Å². The summed E-state index contributed by atoms with van der Waals surface area (Å²) in [5, 5.41) is 2.82. The van der Waals surface area contributed by atoms with Gasteiger partial charge in [-0.2, -0.15) is 0 Å². The number of carbonyl (C=O) groups is 1. The highest BCUT2D eigenvalue weighted by molar-refractivity contribution is 6.04. The lowest BCUT2D eigenvalue weighted by Gasteiger charge is -2.19. The summed E-state index contributed by atoms with van der Waals surface area (Å²) >= 11 is 0. The lowest BCUT2D eigenvalue weighted by atomic mass is 10.2. The van der Waals surface area contributed by atoms with Gasteiger partial charge in [0.1, 0.15) is 5.82 Å². The van der Waals surface area contributed by atoms with Gasteiger partial charge in [-0.15, -0.1) is 0 Å². The fraction of sp³-hybridized carbons (Fsp3) is 0.261. The number of ether oxygens (including phenoxy) is 2. The van der Waals surface area contributed by atoms with E-state index in [-0.39, 0.29) is 5.91 Å². The second-order valence-electron chi connectivity index (χ2n) is 6.67. The molecule has 0 radical (unpaired) electrons. The lowest BCUT2D eigenvalue weighted by molar-refractivity contribution is 0.102. The van der Waals surface area contributed by atoms with Gasteiger partial charge in [0.15, 0.2) is 11.5 Å². The van der Waals surface area contributed by atoms with Crippen LogP contribution < -0.4 is 19.7 Å². The molecule has 2 aromatic heterocycles. The topological polar surface area (TPSA) is 76.6 Å². The van der Waals surface area contributed by atoms with Crippen molar-refractivity contribution in [2.24, 2.45) is 0 Å². The third-order valence-corrected chi connectivity index (χ3v) is 4.63. The van der Waals surface area contributed by atoms with Crippen molar-refractivity contribution < 1.29 is 14.3 Å². The van der Waals surface area contributed by atoms with Crippen molar-refractivity contribution in [2.75, 3.05) is 30.4 Å². The number of nitrogens with zero attached hydrogens (tertiary/aromatic N) is 3. The highest BCUT2D eigenvalue weighted by Gasteiger charge is 2.10. The molecule has 7 heteroatoms.